The fourth-order valence-corrected chi connectivity index (χ4v) is 5.02. The Bertz CT molecular complexity index is 1200. The fraction of sp³-hybridized carbons (Fsp3) is 0.350. The van der Waals surface area contributed by atoms with E-state index in [1.165, 1.54) is 7.11 Å². The van der Waals surface area contributed by atoms with Crippen LogP contribution in [-0.4, -0.2) is 33.8 Å². The van der Waals surface area contributed by atoms with Gasteiger partial charge in [0, 0.05) is 22.0 Å². The third kappa shape index (κ3) is 3.31. The molecule has 0 saturated heterocycles. The van der Waals surface area contributed by atoms with Crippen LogP contribution in [0.4, 0.5) is 5.69 Å². The van der Waals surface area contributed by atoms with Crippen molar-refractivity contribution in [3.05, 3.63) is 33.7 Å². The molecule has 2 aliphatic heterocycles. The molecule has 0 spiro atoms. The number of hydrogen-bond acceptors (Lipinski definition) is 7. The number of carbonyl (C=O) groups is 2. The maximum absolute atomic E-state index is 11.9. The van der Waals surface area contributed by atoms with Gasteiger partial charge in [-0.05, 0) is 55.6 Å². The first kappa shape index (κ1) is 20.6. The number of methoxy groups -OCH3 is 1. The molecule has 1 aromatic carbocycles. The number of azo groups is 1. The van der Waals surface area contributed by atoms with Gasteiger partial charge in [0.25, 0.3) is 5.91 Å². The van der Waals surface area contributed by atoms with Crippen molar-refractivity contribution in [2.75, 3.05) is 7.11 Å². The van der Waals surface area contributed by atoms with E-state index in [1.807, 2.05) is 10.6 Å². The first-order chi connectivity index (χ1) is 14.1. The average Bonchev–Trinajstić information content (AvgIpc) is 3.15. The number of carbonyl (C=O) groups excluding carboxylic acids is 2. The molecular formula is C20H19ClN4O4S. The Morgan fingerprint density at radius 3 is 2.87 bits per heavy atom. The van der Waals surface area contributed by atoms with E-state index in [0.29, 0.717) is 10.4 Å². The molecule has 1 aromatic heterocycles. The van der Waals surface area contributed by atoms with Gasteiger partial charge in [0.1, 0.15) is 0 Å². The van der Waals surface area contributed by atoms with E-state index in [0.717, 1.165) is 35.3 Å². The van der Waals surface area contributed by atoms with E-state index in [9.17, 15) is 14.7 Å². The summed E-state index contributed by atoms with van der Waals surface area (Å²) in [5.41, 5.74) is 1.84. The molecule has 3 heterocycles. The van der Waals surface area contributed by atoms with Crippen LogP contribution in [0, 0.1) is 0 Å². The largest absolute Gasteiger partial charge is 0.493 e. The Labute approximate surface area is 181 Å². The highest BCUT2D eigenvalue weighted by atomic mass is 35.5. The lowest BCUT2D eigenvalue weighted by molar-refractivity contribution is -0.135. The molecule has 8 nitrogen and oxygen atoms in total. The van der Waals surface area contributed by atoms with Crippen LogP contribution in [0.5, 0.6) is 5.88 Å². The summed E-state index contributed by atoms with van der Waals surface area (Å²) in [4.78, 5) is 27.2. The van der Waals surface area contributed by atoms with E-state index in [1.54, 1.807) is 6.07 Å². The lowest BCUT2D eigenvalue weighted by Gasteiger charge is -2.36. The number of aromatic hydroxyl groups is 1. The molecule has 2 aliphatic rings. The van der Waals surface area contributed by atoms with Crippen molar-refractivity contribution >= 4 is 57.0 Å². The van der Waals surface area contributed by atoms with Gasteiger partial charge < -0.3 is 14.4 Å². The molecule has 10 heteroatoms. The van der Waals surface area contributed by atoms with Crippen molar-refractivity contribution < 1.29 is 19.4 Å². The lowest BCUT2D eigenvalue weighted by Crippen LogP contribution is -2.31. The number of hydrogen-bond donors (Lipinski definition) is 1. The molecule has 4 rings (SSSR count). The molecule has 156 valence electrons. The quantitative estimate of drug-likeness (QED) is 0.396. The molecule has 0 bridgehead atoms. The third-order valence-corrected chi connectivity index (χ3v) is 6.33. The number of benzene rings is 1. The van der Waals surface area contributed by atoms with Crippen molar-refractivity contribution in [1.82, 2.24) is 4.57 Å². The number of aliphatic imine (C=N–C) groups is 1. The second-order valence-electron chi connectivity index (χ2n) is 7.85. The molecule has 0 fully saturated rings. The molecule has 0 saturated carbocycles. The summed E-state index contributed by atoms with van der Waals surface area (Å²) in [7, 11) is 1.22. The van der Waals surface area contributed by atoms with Crippen LogP contribution in [0.15, 0.2) is 38.3 Å². The first-order valence-electron chi connectivity index (χ1n) is 9.22. The van der Waals surface area contributed by atoms with Gasteiger partial charge in [-0.15, -0.1) is 10.2 Å². The Balaban J connectivity index is 1.79. The number of esters is 1. The normalized spacial score (nSPS) is 21.6. The predicted octanol–water partition coefficient (Wildman–Crippen LogP) is 5.01. The minimum atomic E-state index is -0.656. The Hall–Kier alpha value is -2.65. The Kier molecular flexibility index (Phi) is 4.98. The highest BCUT2D eigenvalue weighted by molar-refractivity contribution is 8.18. The van der Waals surface area contributed by atoms with Crippen LogP contribution in [0.2, 0.25) is 5.02 Å². The van der Waals surface area contributed by atoms with Crippen molar-refractivity contribution in [3.8, 4) is 5.88 Å². The highest BCUT2D eigenvalue weighted by Gasteiger charge is 2.37. The molecule has 0 radical (unpaired) electrons. The summed E-state index contributed by atoms with van der Waals surface area (Å²) in [5, 5.41) is 20.5. The van der Waals surface area contributed by atoms with Gasteiger partial charge in [0.05, 0.1) is 17.5 Å². The Morgan fingerprint density at radius 2 is 2.17 bits per heavy atom. The standard InChI is InChI=1S/C20H19ClN4O4S/c1-9-8-20(2,3)25-16-11(9)5-10(21)6-12(16)15(18(25)28)23-24-19-22-17(27)13(30-19)7-14(26)29-4/h5-7,9,28H,8H2,1-4H3/b13-7-,24-23?. The topological polar surface area (TPSA) is 106 Å². The summed E-state index contributed by atoms with van der Waals surface area (Å²) in [6.45, 7) is 6.24. The van der Waals surface area contributed by atoms with Crippen LogP contribution in [0.25, 0.3) is 10.9 Å². The van der Waals surface area contributed by atoms with Crippen LogP contribution in [0.3, 0.4) is 0 Å². The molecule has 30 heavy (non-hydrogen) atoms. The number of thioether (sulfide) groups is 1. The second kappa shape index (κ2) is 7.24. The minimum absolute atomic E-state index is 0.0191. The van der Waals surface area contributed by atoms with Gasteiger partial charge in [-0.2, -0.15) is 4.99 Å². The van der Waals surface area contributed by atoms with Gasteiger partial charge in [0.2, 0.25) is 11.0 Å². The monoisotopic (exact) mass is 446 g/mol. The lowest BCUT2D eigenvalue weighted by atomic mass is 9.82. The van der Waals surface area contributed by atoms with Crippen molar-refractivity contribution in [2.24, 2.45) is 15.2 Å². The SMILES string of the molecule is COC(=O)/C=C1\SC(N=Nc2c(O)n3c4c(cc(Cl)cc24)C(C)CC3(C)C)=NC1=O. The summed E-state index contributed by atoms with van der Waals surface area (Å²) < 4.78 is 6.39. The highest BCUT2D eigenvalue weighted by Crippen LogP contribution is 2.51. The molecule has 1 amide bonds. The van der Waals surface area contributed by atoms with Gasteiger partial charge in [-0.1, -0.05) is 18.5 Å². The van der Waals surface area contributed by atoms with E-state index >= 15 is 0 Å². The number of nitrogens with zero attached hydrogens (tertiary/aromatic N) is 4. The predicted molar refractivity (Wildman–Crippen MR) is 116 cm³/mol. The molecule has 1 N–H and O–H groups in total. The molecule has 0 aliphatic carbocycles. The maximum atomic E-state index is 11.9. The summed E-state index contributed by atoms with van der Waals surface area (Å²) in [6, 6.07) is 3.66. The average molecular weight is 447 g/mol. The minimum Gasteiger partial charge on any atom is -0.493 e. The molecule has 2 aromatic rings. The van der Waals surface area contributed by atoms with Gasteiger partial charge in [0.15, 0.2) is 5.69 Å². The number of rotatable bonds is 2. The maximum Gasteiger partial charge on any atom is 0.331 e. The van der Waals surface area contributed by atoms with Crippen molar-refractivity contribution in [1.29, 1.82) is 0 Å². The number of amides is 1. The van der Waals surface area contributed by atoms with Crippen LogP contribution >= 0.6 is 23.4 Å². The van der Waals surface area contributed by atoms with Crippen molar-refractivity contribution in [3.63, 3.8) is 0 Å². The third-order valence-electron chi connectivity index (χ3n) is 5.24. The second-order valence-corrected chi connectivity index (χ2v) is 9.30. The van der Waals surface area contributed by atoms with E-state index in [-0.39, 0.29) is 33.1 Å². The number of halogens is 1. The Morgan fingerprint density at radius 1 is 1.43 bits per heavy atom. The first-order valence-corrected chi connectivity index (χ1v) is 10.4. The van der Waals surface area contributed by atoms with E-state index in [2.05, 4.69) is 40.7 Å². The summed E-state index contributed by atoms with van der Waals surface area (Å²) in [5.74, 6) is -1.01. The zero-order valence-electron chi connectivity index (χ0n) is 16.8. The zero-order valence-corrected chi connectivity index (χ0v) is 18.3. The van der Waals surface area contributed by atoms with Crippen molar-refractivity contribution in [2.45, 2.75) is 38.6 Å². The van der Waals surface area contributed by atoms with Crippen LogP contribution in [0.1, 0.15) is 38.7 Å². The number of amidine groups is 1. The van der Waals surface area contributed by atoms with Crippen LogP contribution in [-0.2, 0) is 19.9 Å². The fourth-order valence-electron chi connectivity index (χ4n) is 4.10. The van der Waals surface area contributed by atoms with Gasteiger partial charge in [-0.25, -0.2) is 4.79 Å². The van der Waals surface area contributed by atoms with Gasteiger partial charge >= 0.3 is 5.97 Å². The van der Waals surface area contributed by atoms with Gasteiger partial charge in [-0.3, -0.25) is 4.79 Å². The number of aromatic nitrogens is 1. The molecule has 1 atom stereocenters. The van der Waals surface area contributed by atoms with E-state index < -0.39 is 11.9 Å². The summed E-state index contributed by atoms with van der Waals surface area (Å²) in [6.07, 6.45) is 1.88. The zero-order chi connectivity index (χ0) is 21.8. The smallest absolute Gasteiger partial charge is 0.331 e. The molecule has 1 unspecified atom stereocenters. The summed E-state index contributed by atoms with van der Waals surface area (Å²) >= 11 is 7.25. The molecular weight excluding hydrogens is 428 g/mol. The number of ether oxygens (including phenoxy) is 1. The van der Waals surface area contributed by atoms with Crippen LogP contribution < -0.4 is 0 Å². The van der Waals surface area contributed by atoms with E-state index in [4.69, 9.17) is 11.6 Å².